The Morgan fingerprint density at radius 1 is 1.33 bits per heavy atom. The van der Waals surface area contributed by atoms with E-state index in [1.807, 2.05) is 0 Å². The van der Waals surface area contributed by atoms with Crippen molar-refractivity contribution in [2.45, 2.75) is 40.0 Å². The van der Waals surface area contributed by atoms with Crippen molar-refractivity contribution in [2.75, 3.05) is 39.8 Å². The van der Waals surface area contributed by atoms with Crippen LogP contribution in [0.2, 0.25) is 0 Å². The van der Waals surface area contributed by atoms with E-state index in [9.17, 15) is 5.11 Å². The Labute approximate surface area is 113 Å². The molecule has 1 unspecified atom stereocenters. The van der Waals surface area contributed by atoms with E-state index in [-0.39, 0.29) is 0 Å². The summed E-state index contributed by atoms with van der Waals surface area (Å²) < 4.78 is 0. The number of hydrogen-bond donors (Lipinski definition) is 2. The molecule has 18 heavy (non-hydrogen) atoms. The number of aliphatic hydroxyl groups excluding tert-OH is 1. The van der Waals surface area contributed by atoms with Crippen LogP contribution in [0, 0.1) is 17.3 Å². The van der Waals surface area contributed by atoms with Crippen LogP contribution in [0.5, 0.6) is 0 Å². The first-order chi connectivity index (χ1) is 8.49. The molecule has 1 aliphatic rings. The molecule has 0 aromatic carbocycles. The van der Waals surface area contributed by atoms with Gasteiger partial charge in [-0.1, -0.05) is 20.8 Å². The minimum atomic E-state index is 0.304. The van der Waals surface area contributed by atoms with E-state index < -0.39 is 0 Å². The van der Waals surface area contributed by atoms with Crippen LogP contribution in [0.15, 0.2) is 0 Å². The number of hydrogen-bond acceptors (Lipinski definition) is 3. The van der Waals surface area contributed by atoms with Crippen LogP contribution in [0.4, 0.5) is 0 Å². The topological polar surface area (TPSA) is 35.5 Å². The zero-order chi connectivity index (χ0) is 13.6. The summed E-state index contributed by atoms with van der Waals surface area (Å²) in [5, 5.41) is 12.8. The van der Waals surface area contributed by atoms with Gasteiger partial charge >= 0.3 is 0 Å². The Kier molecular flexibility index (Phi) is 6.61. The van der Waals surface area contributed by atoms with Crippen LogP contribution < -0.4 is 5.32 Å². The predicted octanol–water partition coefficient (Wildman–Crippen LogP) is 1.96. The number of piperidine rings is 1. The fourth-order valence-electron chi connectivity index (χ4n) is 2.87. The lowest BCUT2D eigenvalue weighted by Gasteiger charge is -2.40. The predicted molar refractivity (Wildman–Crippen MR) is 77.7 cm³/mol. The van der Waals surface area contributed by atoms with Gasteiger partial charge in [-0.3, -0.25) is 0 Å². The molecule has 0 bridgehead atoms. The zero-order valence-corrected chi connectivity index (χ0v) is 12.7. The lowest BCUT2D eigenvalue weighted by atomic mass is 9.73. The summed E-state index contributed by atoms with van der Waals surface area (Å²) in [5.74, 6) is 1.24. The Balaban J connectivity index is 2.30. The van der Waals surface area contributed by atoms with Gasteiger partial charge in [-0.25, -0.2) is 0 Å². The van der Waals surface area contributed by atoms with Crippen LogP contribution in [0.25, 0.3) is 0 Å². The van der Waals surface area contributed by atoms with Crippen molar-refractivity contribution in [3.05, 3.63) is 0 Å². The van der Waals surface area contributed by atoms with Crippen molar-refractivity contribution in [1.29, 1.82) is 0 Å². The average molecular weight is 256 g/mol. The molecular formula is C15H32N2O. The normalized spacial score (nSPS) is 21.2. The summed E-state index contributed by atoms with van der Waals surface area (Å²) in [6, 6.07) is 0. The van der Waals surface area contributed by atoms with Gasteiger partial charge in [0.25, 0.3) is 0 Å². The SMILES string of the molecule is CCC(CO)CNCC(C)(C)C1CCN(C)CC1. The molecule has 0 spiro atoms. The van der Waals surface area contributed by atoms with Gasteiger partial charge in [-0.15, -0.1) is 0 Å². The van der Waals surface area contributed by atoms with Gasteiger partial charge < -0.3 is 15.3 Å². The van der Waals surface area contributed by atoms with E-state index in [0.29, 0.717) is 17.9 Å². The maximum Gasteiger partial charge on any atom is 0.0471 e. The van der Waals surface area contributed by atoms with Gasteiger partial charge in [0.1, 0.15) is 0 Å². The zero-order valence-electron chi connectivity index (χ0n) is 12.7. The molecular weight excluding hydrogens is 224 g/mol. The van der Waals surface area contributed by atoms with Crippen molar-refractivity contribution in [3.63, 3.8) is 0 Å². The highest BCUT2D eigenvalue weighted by Crippen LogP contribution is 2.34. The fourth-order valence-corrected chi connectivity index (χ4v) is 2.87. The molecule has 2 N–H and O–H groups in total. The maximum atomic E-state index is 9.19. The highest BCUT2D eigenvalue weighted by atomic mass is 16.3. The molecule has 1 fully saturated rings. The van der Waals surface area contributed by atoms with Crippen LogP contribution in [0.3, 0.4) is 0 Å². The summed E-state index contributed by atoms with van der Waals surface area (Å²) >= 11 is 0. The van der Waals surface area contributed by atoms with Gasteiger partial charge in [-0.2, -0.15) is 0 Å². The summed E-state index contributed by atoms with van der Waals surface area (Å²) in [4.78, 5) is 2.43. The largest absolute Gasteiger partial charge is 0.396 e. The highest BCUT2D eigenvalue weighted by Gasteiger charge is 2.31. The van der Waals surface area contributed by atoms with Gasteiger partial charge in [0.15, 0.2) is 0 Å². The third kappa shape index (κ3) is 4.87. The Hall–Kier alpha value is -0.120. The number of aliphatic hydroxyl groups is 1. The molecule has 108 valence electrons. The minimum absolute atomic E-state index is 0.304. The molecule has 1 rings (SSSR count). The molecule has 1 saturated heterocycles. The van der Waals surface area contributed by atoms with Crippen molar-refractivity contribution in [1.82, 2.24) is 10.2 Å². The molecule has 0 aromatic rings. The van der Waals surface area contributed by atoms with Crippen LogP contribution in [-0.2, 0) is 0 Å². The monoisotopic (exact) mass is 256 g/mol. The third-order valence-electron chi connectivity index (χ3n) is 4.67. The second kappa shape index (κ2) is 7.46. The minimum Gasteiger partial charge on any atom is -0.396 e. The smallest absolute Gasteiger partial charge is 0.0471 e. The maximum absolute atomic E-state index is 9.19. The molecule has 0 radical (unpaired) electrons. The average Bonchev–Trinajstić information content (AvgIpc) is 2.35. The molecule has 1 aliphatic heterocycles. The molecule has 3 heteroatoms. The second-order valence-electron chi connectivity index (χ2n) is 6.65. The van der Waals surface area contributed by atoms with Crippen LogP contribution in [0.1, 0.15) is 40.0 Å². The van der Waals surface area contributed by atoms with Crippen molar-refractivity contribution in [3.8, 4) is 0 Å². The van der Waals surface area contributed by atoms with E-state index in [0.717, 1.165) is 25.4 Å². The van der Waals surface area contributed by atoms with E-state index in [2.05, 4.69) is 38.0 Å². The first-order valence-electron chi connectivity index (χ1n) is 7.49. The number of likely N-dealkylation sites (tertiary alicyclic amines) is 1. The Bertz CT molecular complexity index is 219. The molecule has 3 nitrogen and oxygen atoms in total. The molecule has 1 atom stereocenters. The third-order valence-corrected chi connectivity index (χ3v) is 4.67. The molecule has 0 aliphatic carbocycles. The summed E-state index contributed by atoms with van der Waals surface area (Å²) in [6.45, 7) is 11.7. The van der Waals surface area contributed by atoms with E-state index >= 15 is 0 Å². The standard InChI is InChI=1S/C15H32N2O/c1-5-13(11-18)10-16-12-15(2,3)14-6-8-17(4)9-7-14/h13-14,16,18H,5-12H2,1-4H3. The first kappa shape index (κ1) is 15.9. The number of nitrogens with one attached hydrogen (secondary N) is 1. The van der Waals surface area contributed by atoms with Crippen molar-refractivity contribution < 1.29 is 5.11 Å². The van der Waals surface area contributed by atoms with Crippen LogP contribution in [-0.4, -0.2) is 49.8 Å². The Morgan fingerprint density at radius 3 is 2.44 bits per heavy atom. The van der Waals surface area contributed by atoms with Gasteiger partial charge in [-0.05, 0) is 56.7 Å². The molecule has 0 aromatic heterocycles. The van der Waals surface area contributed by atoms with E-state index in [1.54, 1.807) is 0 Å². The quantitative estimate of drug-likeness (QED) is 0.731. The summed E-state index contributed by atoms with van der Waals surface area (Å²) in [5.41, 5.74) is 0.370. The second-order valence-corrected chi connectivity index (χ2v) is 6.65. The first-order valence-corrected chi connectivity index (χ1v) is 7.49. The van der Waals surface area contributed by atoms with Crippen molar-refractivity contribution in [2.24, 2.45) is 17.3 Å². The fraction of sp³-hybridized carbons (Fsp3) is 1.00. The molecule has 0 amide bonds. The lowest BCUT2D eigenvalue weighted by molar-refractivity contribution is 0.110. The number of nitrogens with zero attached hydrogens (tertiary/aromatic N) is 1. The molecule has 0 saturated carbocycles. The lowest BCUT2D eigenvalue weighted by Crippen LogP contribution is -2.42. The van der Waals surface area contributed by atoms with Gasteiger partial charge in [0.2, 0.25) is 0 Å². The Morgan fingerprint density at radius 2 is 1.94 bits per heavy atom. The summed E-state index contributed by atoms with van der Waals surface area (Å²) in [6.07, 6.45) is 3.70. The van der Waals surface area contributed by atoms with Gasteiger partial charge in [0, 0.05) is 19.7 Å². The number of rotatable bonds is 7. The summed E-state index contributed by atoms with van der Waals surface area (Å²) in [7, 11) is 2.22. The highest BCUT2D eigenvalue weighted by molar-refractivity contribution is 4.84. The van der Waals surface area contributed by atoms with E-state index in [1.165, 1.54) is 25.9 Å². The van der Waals surface area contributed by atoms with Crippen LogP contribution >= 0.6 is 0 Å². The molecule has 1 heterocycles. The van der Waals surface area contributed by atoms with Crippen molar-refractivity contribution >= 4 is 0 Å². The van der Waals surface area contributed by atoms with E-state index in [4.69, 9.17) is 0 Å². The van der Waals surface area contributed by atoms with Gasteiger partial charge in [0.05, 0.1) is 0 Å².